The van der Waals surface area contributed by atoms with Crippen molar-refractivity contribution in [1.82, 2.24) is 4.90 Å². The number of hydrogen-bond acceptors (Lipinski definition) is 2. The first-order valence-corrected chi connectivity index (χ1v) is 6.31. The van der Waals surface area contributed by atoms with E-state index in [1.165, 1.54) is 0 Å². The quantitative estimate of drug-likeness (QED) is 0.706. The molecule has 0 heterocycles. The smallest absolute Gasteiger partial charge is 0.0748 e. The molecule has 92 valence electrons. The first-order chi connectivity index (χ1) is 6.96. The second-order valence-electron chi connectivity index (χ2n) is 4.92. The van der Waals surface area contributed by atoms with E-state index in [2.05, 4.69) is 46.7 Å². The van der Waals surface area contributed by atoms with E-state index in [4.69, 9.17) is 0 Å². The van der Waals surface area contributed by atoms with E-state index in [1.807, 2.05) is 0 Å². The van der Waals surface area contributed by atoms with Crippen molar-refractivity contribution in [2.24, 2.45) is 5.92 Å². The van der Waals surface area contributed by atoms with Gasteiger partial charge >= 0.3 is 0 Å². The zero-order valence-electron chi connectivity index (χ0n) is 11.4. The molecule has 0 aromatic carbocycles. The molecule has 0 aromatic heterocycles. The minimum Gasteiger partial charge on any atom is -0.391 e. The Balaban J connectivity index is 4.74. The summed E-state index contributed by atoms with van der Waals surface area (Å²) in [6.07, 6.45) is 4.05. The molecular formula is C13H29NO. The van der Waals surface area contributed by atoms with Crippen LogP contribution in [0.15, 0.2) is 0 Å². The van der Waals surface area contributed by atoms with Gasteiger partial charge in [-0.05, 0) is 39.3 Å². The average Bonchev–Trinajstić information content (AvgIpc) is 2.20. The first-order valence-electron chi connectivity index (χ1n) is 6.31. The molecule has 2 atom stereocenters. The van der Waals surface area contributed by atoms with Gasteiger partial charge < -0.3 is 10.0 Å². The number of likely N-dealkylation sites (N-methyl/N-ethyl adjacent to an activating group) is 1. The monoisotopic (exact) mass is 215 g/mol. The van der Waals surface area contributed by atoms with Gasteiger partial charge in [-0.1, -0.05) is 34.1 Å². The fourth-order valence-electron chi connectivity index (χ4n) is 2.71. The van der Waals surface area contributed by atoms with E-state index in [1.54, 1.807) is 0 Å². The highest BCUT2D eigenvalue weighted by Crippen LogP contribution is 2.31. The topological polar surface area (TPSA) is 23.5 Å². The lowest BCUT2D eigenvalue weighted by atomic mass is 9.78. The molecule has 2 unspecified atom stereocenters. The van der Waals surface area contributed by atoms with Gasteiger partial charge in [0.2, 0.25) is 0 Å². The molecular weight excluding hydrogens is 186 g/mol. The molecule has 0 rings (SSSR count). The summed E-state index contributed by atoms with van der Waals surface area (Å²) >= 11 is 0. The summed E-state index contributed by atoms with van der Waals surface area (Å²) in [4.78, 5) is 2.20. The molecule has 0 aromatic rings. The predicted octanol–water partition coefficient (Wildman–Crippen LogP) is 2.90. The van der Waals surface area contributed by atoms with Gasteiger partial charge in [0, 0.05) is 5.54 Å². The van der Waals surface area contributed by atoms with Crippen LogP contribution >= 0.6 is 0 Å². The Hall–Kier alpha value is -0.0800. The largest absolute Gasteiger partial charge is 0.391 e. The Morgan fingerprint density at radius 3 is 1.87 bits per heavy atom. The van der Waals surface area contributed by atoms with Crippen molar-refractivity contribution in [2.75, 3.05) is 14.1 Å². The molecule has 1 N–H and O–H groups in total. The normalized spacial score (nSPS) is 16.8. The van der Waals surface area contributed by atoms with Crippen molar-refractivity contribution < 1.29 is 5.11 Å². The van der Waals surface area contributed by atoms with Crippen LogP contribution in [0.2, 0.25) is 0 Å². The third-order valence-corrected chi connectivity index (χ3v) is 3.95. The van der Waals surface area contributed by atoms with Gasteiger partial charge in [0.25, 0.3) is 0 Å². The van der Waals surface area contributed by atoms with Gasteiger partial charge in [-0.25, -0.2) is 0 Å². The number of aliphatic hydroxyl groups is 1. The van der Waals surface area contributed by atoms with Crippen LogP contribution in [-0.4, -0.2) is 35.7 Å². The molecule has 0 aliphatic carbocycles. The van der Waals surface area contributed by atoms with E-state index in [-0.39, 0.29) is 11.6 Å². The summed E-state index contributed by atoms with van der Waals surface area (Å²) in [5, 5.41) is 10.5. The van der Waals surface area contributed by atoms with Crippen LogP contribution in [0.25, 0.3) is 0 Å². The third kappa shape index (κ3) is 3.18. The van der Waals surface area contributed by atoms with Crippen LogP contribution in [0.5, 0.6) is 0 Å². The number of aliphatic hydroxyl groups excluding tert-OH is 1. The molecule has 0 spiro atoms. The van der Waals surface area contributed by atoms with Gasteiger partial charge in [0.05, 0.1) is 6.10 Å². The van der Waals surface area contributed by atoms with Gasteiger partial charge in [-0.2, -0.15) is 0 Å². The number of nitrogens with zero attached hydrogens (tertiary/aromatic N) is 1. The van der Waals surface area contributed by atoms with Crippen molar-refractivity contribution in [3.63, 3.8) is 0 Å². The predicted molar refractivity (Wildman–Crippen MR) is 67.1 cm³/mol. The highest BCUT2D eigenvalue weighted by atomic mass is 16.3. The SMILES string of the molecule is CCCC(C)C(O)C(CC)(CC)N(C)C. The van der Waals surface area contributed by atoms with Crippen molar-refractivity contribution in [2.45, 2.75) is 65.0 Å². The molecule has 2 nitrogen and oxygen atoms in total. The van der Waals surface area contributed by atoms with Crippen molar-refractivity contribution in [3.8, 4) is 0 Å². The van der Waals surface area contributed by atoms with Crippen molar-refractivity contribution in [1.29, 1.82) is 0 Å². The van der Waals surface area contributed by atoms with E-state index >= 15 is 0 Å². The highest BCUT2D eigenvalue weighted by molar-refractivity contribution is 4.94. The Morgan fingerprint density at radius 2 is 1.60 bits per heavy atom. The molecule has 0 radical (unpaired) electrons. The van der Waals surface area contributed by atoms with Gasteiger partial charge in [0.1, 0.15) is 0 Å². The van der Waals surface area contributed by atoms with Crippen LogP contribution in [0, 0.1) is 5.92 Å². The Morgan fingerprint density at radius 1 is 1.13 bits per heavy atom. The average molecular weight is 215 g/mol. The lowest BCUT2D eigenvalue weighted by Crippen LogP contribution is -2.55. The second kappa shape index (κ2) is 6.49. The van der Waals surface area contributed by atoms with Crippen LogP contribution in [-0.2, 0) is 0 Å². The van der Waals surface area contributed by atoms with Crippen LogP contribution < -0.4 is 0 Å². The van der Waals surface area contributed by atoms with Gasteiger partial charge in [0.15, 0.2) is 0 Å². The maximum absolute atomic E-state index is 10.5. The summed E-state index contributed by atoms with van der Waals surface area (Å²) in [7, 11) is 4.16. The molecule has 0 aliphatic heterocycles. The number of rotatable bonds is 7. The molecule has 15 heavy (non-hydrogen) atoms. The second-order valence-corrected chi connectivity index (χ2v) is 4.92. The minimum atomic E-state index is -0.220. The number of hydrogen-bond donors (Lipinski definition) is 1. The third-order valence-electron chi connectivity index (χ3n) is 3.95. The first kappa shape index (κ1) is 14.9. The Labute approximate surface area is 95.7 Å². The molecule has 0 fully saturated rings. The van der Waals surface area contributed by atoms with E-state index in [0.717, 1.165) is 25.7 Å². The molecule has 0 amide bonds. The van der Waals surface area contributed by atoms with Gasteiger partial charge in [-0.15, -0.1) is 0 Å². The summed E-state index contributed by atoms with van der Waals surface area (Å²) in [5.41, 5.74) is -0.0470. The zero-order valence-corrected chi connectivity index (χ0v) is 11.4. The standard InChI is InChI=1S/C13H29NO/c1-7-10-11(4)12(15)13(8-2,9-3)14(5)6/h11-12,15H,7-10H2,1-6H3. The summed E-state index contributed by atoms with van der Waals surface area (Å²) in [6, 6.07) is 0. The van der Waals surface area contributed by atoms with E-state index in [9.17, 15) is 5.11 Å². The maximum Gasteiger partial charge on any atom is 0.0748 e. The molecule has 2 heteroatoms. The maximum atomic E-state index is 10.5. The van der Waals surface area contributed by atoms with E-state index in [0.29, 0.717) is 5.92 Å². The minimum absolute atomic E-state index is 0.0470. The summed E-state index contributed by atoms with van der Waals surface area (Å²) < 4.78 is 0. The molecule has 0 aliphatic rings. The fraction of sp³-hybridized carbons (Fsp3) is 1.00. The lowest BCUT2D eigenvalue weighted by Gasteiger charge is -2.45. The zero-order chi connectivity index (χ0) is 12.1. The van der Waals surface area contributed by atoms with Gasteiger partial charge in [-0.3, -0.25) is 0 Å². The van der Waals surface area contributed by atoms with E-state index < -0.39 is 0 Å². The highest BCUT2D eigenvalue weighted by Gasteiger charge is 2.39. The van der Waals surface area contributed by atoms with Crippen LogP contribution in [0.4, 0.5) is 0 Å². The fourth-order valence-corrected chi connectivity index (χ4v) is 2.71. The molecule has 0 saturated heterocycles. The molecule has 0 saturated carbocycles. The summed E-state index contributed by atoms with van der Waals surface area (Å²) in [5.74, 6) is 0.386. The van der Waals surface area contributed by atoms with Crippen molar-refractivity contribution >= 4 is 0 Å². The van der Waals surface area contributed by atoms with Crippen LogP contribution in [0.3, 0.4) is 0 Å². The molecule has 0 bridgehead atoms. The Bertz CT molecular complexity index is 164. The van der Waals surface area contributed by atoms with Crippen molar-refractivity contribution in [3.05, 3.63) is 0 Å². The Kier molecular flexibility index (Phi) is 6.46. The lowest BCUT2D eigenvalue weighted by molar-refractivity contribution is -0.0448. The summed E-state index contributed by atoms with van der Waals surface area (Å²) in [6.45, 7) is 8.69. The van der Waals surface area contributed by atoms with Crippen LogP contribution in [0.1, 0.15) is 53.4 Å².